The molecule has 0 saturated heterocycles. The van der Waals surface area contributed by atoms with E-state index in [1.54, 1.807) is 24.3 Å². The Morgan fingerprint density at radius 1 is 1.24 bits per heavy atom. The van der Waals surface area contributed by atoms with E-state index in [-0.39, 0.29) is 0 Å². The summed E-state index contributed by atoms with van der Waals surface area (Å²) in [5, 5.41) is 13.7. The summed E-state index contributed by atoms with van der Waals surface area (Å²) in [5.74, 6) is -1.09. The topological polar surface area (TPSA) is 78.4 Å². The van der Waals surface area contributed by atoms with Crippen LogP contribution in [-0.2, 0) is 4.79 Å². The fraction of sp³-hybridized carbons (Fsp3) is 0.273. The lowest BCUT2D eigenvalue weighted by Crippen LogP contribution is -2.51. The summed E-state index contributed by atoms with van der Waals surface area (Å²) in [6.45, 7) is 2.83. The lowest BCUT2D eigenvalue weighted by Gasteiger charge is -2.21. The zero-order valence-corrected chi connectivity index (χ0v) is 11.0. The van der Waals surface area contributed by atoms with Gasteiger partial charge in [0.2, 0.25) is 0 Å². The van der Waals surface area contributed by atoms with Crippen LogP contribution in [0.4, 0.5) is 10.5 Å². The molecule has 0 heterocycles. The lowest BCUT2D eigenvalue weighted by atomic mass is 10.1. The Morgan fingerprint density at radius 3 is 2.24 bits per heavy atom. The van der Waals surface area contributed by atoms with Gasteiger partial charge in [-0.15, -0.1) is 0 Å². The third-order valence-corrected chi connectivity index (χ3v) is 2.59. The summed E-state index contributed by atoms with van der Waals surface area (Å²) < 4.78 is 0.898. The number of nitrogens with one attached hydrogen (secondary N) is 2. The highest BCUT2D eigenvalue weighted by molar-refractivity contribution is 9.10. The minimum Gasteiger partial charge on any atom is -0.480 e. The maximum Gasteiger partial charge on any atom is 0.328 e. The van der Waals surface area contributed by atoms with Crippen LogP contribution < -0.4 is 10.6 Å². The molecule has 1 rings (SSSR count). The maximum absolute atomic E-state index is 11.5. The molecule has 0 atom stereocenters. The van der Waals surface area contributed by atoms with Crippen molar-refractivity contribution in [3.8, 4) is 0 Å². The summed E-state index contributed by atoms with van der Waals surface area (Å²) in [7, 11) is 0. The number of carboxylic acid groups (broad SMARTS) is 1. The number of anilines is 1. The van der Waals surface area contributed by atoms with Gasteiger partial charge in [0, 0.05) is 10.2 Å². The van der Waals surface area contributed by atoms with E-state index < -0.39 is 17.5 Å². The molecule has 3 N–H and O–H groups in total. The minimum atomic E-state index is -1.31. The van der Waals surface area contributed by atoms with Crippen LogP contribution in [0.5, 0.6) is 0 Å². The van der Waals surface area contributed by atoms with Crippen molar-refractivity contribution in [1.82, 2.24) is 5.32 Å². The number of rotatable bonds is 3. The van der Waals surface area contributed by atoms with E-state index in [1.165, 1.54) is 13.8 Å². The fourth-order valence-corrected chi connectivity index (χ4v) is 1.30. The van der Waals surface area contributed by atoms with Crippen LogP contribution in [0.25, 0.3) is 0 Å². The van der Waals surface area contributed by atoms with Crippen molar-refractivity contribution in [2.24, 2.45) is 0 Å². The Morgan fingerprint density at radius 2 is 1.76 bits per heavy atom. The van der Waals surface area contributed by atoms with Crippen molar-refractivity contribution in [3.63, 3.8) is 0 Å². The molecule has 17 heavy (non-hydrogen) atoms. The molecule has 1 aromatic rings. The molecule has 0 bridgehead atoms. The largest absolute Gasteiger partial charge is 0.480 e. The Kier molecular flexibility index (Phi) is 4.11. The summed E-state index contributed by atoms with van der Waals surface area (Å²) in [4.78, 5) is 22.3. The summed E-state index contributed by atoms with van der Waals surface area (Å²) >= 11 is 3.27. The molecule has 0 saturated carbocycles. The fourth-order valence-electron chi connectivity index (χ4n) is 1.03. The number of hydrogen-bond donors (Lipinski definition) is 3. The number of carboxylic acids is 1. The molecule has 1 aromatic carbocycles. The van der Waals surface area contributed by atoms with Gasteiger partial charge in [-0.1, -0.05) is 15.9 Å². The average molecular weight is 301 g/mol. The number of hydrogen-bond acceptors (Lipinski definition) is 2. The maximum atomic E-state index is 11.5. The first-order valence-corrected chi connectivity index (χ1v) is 5.69. The summed E-state index contributed by atoms with van der Waals surface area (Å²) in [6, 6.07) is 6.41. The Bertz CT molecular complexity index is 429. The van der Waals surface area contributed by atoms with E-state index in [4.69, 9.17) is 5.11 Å². The van der Waals surface area contributed by atoms with Gasteiger partial charge in [0.05, 0.1) is 0 Å². The first-order valence-electron chi connectivity index (χ1n) is 4.89. The van der Waals surface area contributed by atoms with Gasteiger partial charge in [-0.3, -0.25) is 0 Å². The zero-order valence-electron chi connectivity index (χ0n) is 9.45. The molecule has 0 aliphatic carbocycles. The molecule has 5 nitrogen and oxygen atoms in total. The number of urea groups is 1. The SMILES string of the molecule is CC(C)(NC(=O)Nc1ccc(Br)cc1)C(=O)O. The van der Waals surface area contributed by atoms with Crippen LogP contribution in [0, 0.1) is 0 Å². The lowest BCUT2D eigenvalue weighted by molar-refractivity contribution is -0.142. The van der Waals surface area contributed by atoms with Crippen molar-refractivity contribution in [1.29, 1.82) is 0 Å². The Hall–Kier alpha value is -1.56. The molecule has 0 spiro atoms. The second-order valence-electron chi connectivity index (χ2n) is 4.02. The molecule has 0 aliphatic heterocycles. The summed E-state index contributed by atoms with van der Waals surface area (Å²) in [5.41, 5.74) is -0.716. The molecule has 0 radical (unpaired) electrons. The normalized spacial score (nSPS) is 10.8. The van der Waals surface area contributed by atoms with Gasteiger partial charge in [0.1, 0.15) is 5.54 Å². The highest BCUT2D eigenvalue weighted by Gasteiger charge is 2.28. The van der Waals surface area contributed by atoms with Crippen molar-refractivity contribution in [3.05, 3.63) is 28.7 Å². The number of carbonyl (C=O) groups excluding carboxylic acids is 1. The predicted molar refractivity (Wildman–Crippen MR) is 68.0 cm³/mol. The van der Waals surface area contributed by atoms with Crippen molar-refractivity contribution in [2.75, 3.05) is 5.32 Å². The zero-order chi connectivity index (χ0) is 13.1. The van der Waals surface area contributed by atoms with E-state index in [9.17, 15) is 9.59 Å². The van der Waals surface area contributed by atoms with Crippen molar-refractivity contribution >= 4 is 33.6 Å². The molecular weight excluding hydrogens is 288 g/mol. The molecule has 6 heteroatoms. The molecule has 0 aromatic heterocycles. The smallest absolute Gasteiger partial charge is 0.328 e. The highest BCUT2D eigenvalue weighted by Crippen LogP contribution is 2.14. The third kappa shape index (κ3) is 4.07. The van der Waals surface area contributed by atoms with E-state index in [1.807, 2.05) is 0 Å². The number of amides is 2. The van der Waals surface area contributed by atoms with Gasteiger partial charge in [0.25, 0.3) is 0 Å². The van der Waals surface area contributed by atoms with E-state index in [0.717, 1.165) is 4.47 Å². The van der Waals surface area contributed by atoms with E-state index >= 15 is 0 Å². The summed E-state index contributed by atoms with van der Waals surface area (Å²) in [6.07, 6.45) is 0. The molecule has 0 unspecified atom stereocenters. The second-order valence-corrected chi connectivity index (χ2v) is 4.93. The third-order valence-electron chi connectivity index (χ3n) is 2.06. The van der Waals surface area contributed by atoms with Crippen LogP contribution >= 0.6 is 15.9 Å². The molecular formula is C11H13BrN2O3. The number of benzene rings is 1. The number of aliphatic carboxylic acids is 1. The molecule has 92 valence electrons. The van der Waals surface area contributed by atoms with Gasteiger partial charge in [0.15, 0.2) is 0 Å². The van der Waals surface area contributed by atoms with Crippen LogP contribution in [0.2, 0.25) is 0 Å². The number of halogens is 1. The van der Waals surface area contributed by atoms with Gasteiger partial charge >= 0.3 is 12.0 Å². The predicted octanol–water partition coefficient (Wildman–Crippen LogP) is 2.43. The Balaban J connectivity index is 2.62. The van der Waals surface area contributed by atoms with Crippen LogP contribution in [0.15, 0.2) is 28.7 Å². The highest BCUT2D eigenvalue weighted by atomic mass is 79.9. The minimum absolute atomic E-state index is 0.556. The quantitative estimate of drug-likeness (QED) is 0.802. The van der Waals surface area contributed by atoms with Crippen LogP contribution in [0.1, 0.15) is 13.8 Å². The van der Waals surface area contributed by atoms with Gasteiger partial charge in [-0.05, 0) is 38.1 Å². The molecule has 0 fully saturated rings. The van der Waals surface area contributed by atoms with Gasteiger partial charge < -0.3 is 15.7 Å². The first-order chi connectivity index (χ1) is 7.81. The first kappa shape index (κ1) is 13.5. The number of carbonyl (C=O) groups is 2. The van der Waals surface area contributed by atoms with Gasteiger partial charge in [-0.25, -0.2) is 9.59 Å². The van der Waals surface area contributed by atoms with Crippen LogP contribution in [-0.4, -0.2) is 22.6 Å². The second kappa shape index (κ2) is 5.18. The van der Waals surface area contributed by atoms with Crippen molar-refractivity contribution < 1.29 is 14.7 Å². The van der Waals surface area contributed by atoms with Crippen LogP contribution in [0.3, 0.4) is 0 Å². The van der Waals surface area contributed by atoms with Crippen molar-refractivity contribution in [2.45, 2.75) is 19.4 Å². The molecule has 0 aliphatic rings. The Labute approximate surface area is 107 Å². The van der Waals surface area contributed by atoms with E-state index in [2.05, 4.69) is 26.6 Å². The monoisotopic (exact) mass is 300 g/mol. The standard InChI is InChI=1S/C11H13BrN2O3/c1-11(2,9(15)16)14-10(17)13-8-5-3-7(12)4-6-8/h3-6H,1-2H3,(H,15,16)(H2,13,14,17). The average Bonchev–Trinajstić information content (AvgIpc) is 2.20. The van der Waals surface area contributed by atoms with E-state index in [0.29, 0.717) is 5.69 Å². The molecule has 2 amide bonds. The van der Waals surface area contributed by atoms with Gasteiger partial charge in [-0.2, -0.15) is 0 Å².